The first-order valence-electron chi connectivity index (χ1n) is 5.84. The van der Waals surface area contributed by atoms with Crippen molar-refractivity contribution < 1.29 is 162 Å². The zero-order valence-corrected chi connectivity index (χ0v) is 25.2. The van der Waals surface area contributed by atoms with Crippen LogP contribution in [0.2, 0.25) is 0 Å². The summed E-state index contributed by atoms with van der Waals surface area (Å²) >= 11 is 0. The Morgan fingerprint density at radius 3 is 0.297 bits per heavy atom. The molecule has 0 aliphatic heterocycles. The Labute approximate surface area is 223 Å². The van der Waals surface area contributed by atoms with Crippen LogP contribution in [0.1, 0.15) is 0 Å². The van der Waals surface area contributed by atoms with Crippen LogP contribution in [-0.4, -0.2) is 0 Å². The summed E-state index contributed by atoms with van der Waals surface area (Å²) in [5.74, 6) is 0. The number of phosphoric acid groups is 8. The molecule has 0 aliphatic rings. The zero-order chi connectivity index (χ0) is 30.8. The third kappa shape index (κ3) is 72.9. The minimum atomic E-state index is -5.68. The Bertz CT molecular complexity index is 764. The summed E-state index contributed by atoms with van der Waals surface area (Å²) in [6.07, 6.45) is 0. The molecule has 224 valence electrons. The summed E-state index contributed by atoms with van der Waals surface area (Å²) in [5, 5.41) is 0. The topological polar surface area (TPSA) is 542 Å². The van der Waals surface area contributed by atoms with E-state index in [4.69, 9.17) is 0 Å². The van der Waals surface area contributed by atoms with Crippen molar-refractivity contribution in [2.45, 2.75) is 0 Å². The largest absolute Gasteiger partial charge is 1.00 e. The molecule has 0 aliphatic carbocycles. The maximum absolute atomic E-state index is 9.32. The standard InChI is InChI=1S/Na.4H4O7P2/c;4*1-8(2,3)7-9(4,5)6/h;4*(H2,1,2,3)(H2,4,5,6)/q+1;;;;/p-16. The first-order chi connectivity index (χ1) is 14.8. The molecule has 0 unspecified atom stereocenters. The third-order valence-corrected chi connectivity index (χ3v) is 7.20. The quantitative estimate of drug-likeness (QED) is 0.166. The minimum absolute atomic E-state index is 0. The Morgan fingerprint density at radius 2 is 0.297 bits per heavy atom. The molecule has 0 N–H and O–H groups in total. The Hall–Kier alpha value is 2.04. The molecule has 37 heavy (non-hydrogen) atoms. The van der Waals surface area contributed by atoms with Gasteiger partial charge in [0.25, 0.3) is 0 Å². The molecule has 28 nitrogen and oxygen atoms in total. The van der Waals surface area contributed by atoms with Crippen LogP contribution in [0.3, 0.4) is 0 Å². The van der Waals surface area contributed by atoms with Crippen LogP contribution in [-0.2, 0) is 53.8 Å². The van der Waals surface area contributed by atoms with Crippen molar-refractivity contribution in [3.8, 4) is 0 Å². The summed E-state index contributed by atoms with van der Waals surface area (Å²) in [7, 11) is -45.4. The number of hydrogen-bond donors (Lipinski definition) is 0. The van der Waals surface area contributed by atoms with Crippen LogP contribution < -0.4 is 108 Å². The van der Waals surface area contributed by atoms with Crippen LogP contribution in [0.5, 0.6) is 0 Å². The molecule has 37 heteroatoms. The van der Waals surface area contributed by atoms with Crippen molar-refractivity contribution in [3.63, 3.8) is 0 Å². The monoisotopic (exact) mass is 719 g/mol. The van der Waals surface area contributed by atoms with Crippen molar-refractivity contribution in [1.82, 2.24) is 0 Å². The van der Waals surface area contributed by atoms with Gasteiger partial charge in [-0.1, -0.05) is 0 Å². The normalized spacial score (nSPS) is 13.4. The van der Waals surface area contributed by atoms with Gasteiger partial charge in [0, 0.05) is 0 Å². The fourth-order valence-corrected chi connectivity index (χ4v) is 4.41. The van der Waals surface area contributed by atoms with E-state index in [1.807, 2.05) is 0 Å². The van der Waals surface area contributed by atoms with E-state index in [-0.39, 0.29) is 29.6 Å². The second-order valence-electron chi connectivity index (χ2n) is 3.90. The maximum Gasteiger partial charge on any atom is 1.00 e. The molecule has 0 aromatic carbocycles. The third-order valence-electron chi connectivity index (χ3n) is 0.800. The van der Waals surface area contributed by atoms with Gasteiger partial charge in [-0.2, -0.15) is 0 Å². The van der Waals surface area contributed by atoms with E-state index in [2.05, 4.69) is 17.2 Å². The van der Waals surface area contributed by atoms with E-state index in [1.54, 1.807) is 0 Å². The van der Waals surface area contributed by atoms with Crippen LogP contribution in [0.25, 0.3) is 0 Å². The maximum atomic E-state index is 9.32. The summed E-state index contributed by atoms with van der Waals surface area (Å²) in [6.45, 7) is 0. The molecule has 0 bridgehead atoms. The van der Waals surface area contributed by atoms with Gasteiger partial charge in [0.1, 0.15) is 0 Å². The van der Waals surface area contributed by atoms with Gasteiger partial charge in [-0.15, -0.1) is 0 Å². The minimum Gasteiger partial charge on any atom is -0.790 e. The molecule has 0 atom stereocenters. The van der Waals surface area contributed by atoms with E-state index >= 15 is 0 Å². The summed E-state index contributed by atoms with van der Waals surface area (Å²) in [5.41, 5.74) is 0. The Morgan fingerprint density at radius 1 is 0.243 bits per heavy atom. The van der Waals surface area contributed by atoms with Gasteiger partial charge in [-0.05, 0) is 0 Å². The summed E-state index contributed by atoms with van der Waals surface area (Å²) in [4.78, 5) is 149. The predicted octanol–water partition coefficient (Wildman–Crippen LogP) is -16.4. The smallest absolute Gasteiger partial charge is 0.790 e. The van der Waals surface area contributed by atoms with Crippen molar-refractivity contribution in [1.29, 1.82) is 0 Å². The fourth-order valence-electron chi connectivity index (χ4n) is 0.490. The predicted molar refractivity (Wildman–Crippen MR) is 65.2 cm³/mol. The van der Waals surface area contributed by atoms with Gasteiger partial charge < -0.3 is 132 Å². The van der Waals surface area contributed by atoms with Gasteiger partial charge in [-0.25, -0.2) is 0 Å². The zero-order valence-electron chi connectivity index (χ0n) is 16.0. The van der Waals surface area contributed by atoms with Crippen LogP contribution in [0, 0.1) is 0 Å². The molecule has 0 spiro atoms. The van der Waals surface area contributed by atoms with Crippen molar-refractivity contribution >= 4 is 62.6 Å². The van der Waals surface area contributed by atoms with Gasteiger partial charge in [0.15, 0.2) is 0 Å². The molecular formula is NaO28P8-15. The summed E-state index contributed by atoms with van der Waals surface area (Å²) < 4.78 is 84.7. The van der Waals surface area contributed by atoms with E-state index in [0.717, 1.165) is 0 Å². The Balaban J connectivity index is -0.000000122. The van der Waals surface area contributed by atoms with Crippen molar-refractivity contribution in [3.05, 3.63) is 0 Å². The van der Waals surface area contributed by atoms with E-state index in [0.29, 0.717) is 0 Å². The average molecular weight is 719 g/mol. The Kier molecular flexibility index (Phi) is 23.5. The molecule has 0 amide bonds. The van der Waals surface area contributed by atoms with E-state index in [9.17, 15) is 115 Å². The molecular weight excluding hydrogens is 719 g/mol. The van der Waals surface area contributed by atoms with Crippen molar-refractivity contribution in [2.75, 3.05) is 0 Å². The van der Waals surface area contributed by atoms with Gasteiger partial charge in [-0.3, -0.25) is 0 Å². The van der Waals surface area contributed by atoms with Gasteiger partial charge >= 0.3 is 29.6 Å². The number of hydrogen-bond acceptors (Lipinski definition) is 28. The average Bonchev–Trinajstić information content (AvgIpc) is 2.19. The molecule has 0 saturated carbocycles. The second-order valence-corrected chi connectivity index (χ2v) is 13.7. The first-order valence-corrected chi connectivity index (χ1v) is 17.5. The summed E-state index contributed by atoms with van der Waals surface area (Å²) in [6, 6.07) is 0. The molecule has 0 rings (SSSR count). The molecule has 0 aromatic rings. The molecule has 0 heterocycles. The van der Waals surface area contributed by atoms with Crippen molar-refractivity contribution in [2.24, 2.45) is 0 Å². The SMILES string of the molecule is O=P([O-])([O-])OP(=O)([O-])[O-].O=P([O-])([O-])OP(=O)([O-])[O-].O=P([O-])([O-])OP(=O)([O-])[O-].O=P([O-])([O-])OP(=O)([O-])[O-].[Na+]. The van der Waals surface area contributed by atoms with E-state index < -0.39 is 62.6 Å². The number of rotatable bonds is 8. The van der Waals surface area contributed by atoms with Gasteiger partial charge in [0.05, 0.1) is 62.6 Å². The molecule has 0 saturated heterocycles. The van der Waals surface area contributed by atoms with Crippen LogP contribution in [0.15, 0.2) is 0 Å². The molecule has 0 fully saturated rings. The molecule has 0 aromatic heterocycles. The second kappa shape index (κ2) is 17.9. The van der Waals surface area contributed by atoms with Crippen LogP contribution in [0.4, 0.5) is 0 Å². The van der Waals surface area contributed by atoms with Crippen LogP contribution >= 0.6 is 62.6 Å². The van der Waals surface area contributed by atoms with Gasteiger partial charge in [0.2, 0.25) is 0 Å². The van der Waals surface area contributed by atoms with E-state index in [1.165, 1.54) is 0 Å². The fraction of sp³-hybridized carbons (Fsp3) is 0. The first kappa shape index (κ1) is 48.8. The molecule has 0 radical (unpaired) electrons.